The molecule has 1 aliphatic heterocycles. The molecular weight excluding hydrogens is 360 g/mol. The van der Waals surface area contributed by atoms with Crippen molar-refractivity contribution in [2.24, 2.45) is 45.3 Å². The molecule has 158 valence electrons. The normalized spacial score (nSPS) is 50.4. The molecule has 3 fully saturated rings. The van der Waals surface area contributed by atoms with Crippen LogP contribution in [0.3, 0.4) is 0 Å². The number of ether oxygens (including phenoxy) is 1. The zero-order valence-electron chi connectivity index (χ0n) is 18.7. The summed E-state index contributed by atoms with van der Waals surface area (Å²) in [4.78, 5) is 24.4. The van der Waals surface area contributed by atoms with E-state index in [1.54, 1.807) is 5.57 Å². The second-order valence-corrected chi connectivity index (χ2v) is 11.9. The van der Waals surface area contributed by atoms with Crippen LogP contribution in [0.15, 0.2) is 23.8 Å². The Bertz CT molecular complexity index is 835. The van der Waals surface area contributed by atoms with Gasteiger partial charge in [-0.15, -0.1) is 0 Å². The van der Waals surface area contributed by atoms with E-state index >= 15 is 0 Å². The number of fused-ring (bicyclic) bond motifs is 5. The Morgan fingerprint density at radius 2 is 1.79 bits per heavy atom. The second-order valence-electron chi connectivity index (χ2n) is 11.9. The number of allylic oxidation sites excluding steroid dienone is 4. The van der Waals surface area contributed by atoms with Gasteiger partial charge in [0.2, 0.25) is 0 Å². The Balaban J connectivity index is 1.53. The molecule has 4 aliphatic carbocycles. The van der Waals surface area contributed by atoms with Crippen LogP contribution in [0.4, 0.5) is 0 Å². The summed E-state index contributed by atoms with van der Waals surface area (Å²) in [6, 6.07) is 0. The highest BCUT2D eigenvalue weighted by atomic mass is 16.5. The number of esters is 1. The Morgan fingerprint density at radius 3 is 2.48 bits per heavy atom. The number of hydrogen-bond donors (Lipinski definition) is 0. The fourth-order valence-electron chi connectivity index (χ4n) is 8.62. The van der Waals surface area contributed by atoms with Crippen molar-refractivity contribution in [3.05, 3.63) is 23.8 Å². The van der Waals surface area contributed by atoms with Crippen LogP contribution in [0, 0.1) is 45.3 Å². The molecule has 5 rings (SSSR count). The standard InChI is InChI=1S/C26H36O3/c1-23(2)20-7-6-19-18(24(20,3)11-10-21(23)27)9-13-25(4)17(8-12-26(19,25)5)16-14-22(28)29-15-16/h6,10-11,16-18,20H,7-9,12-15H2,1-5H3/t16-,17+,18+,20+,24-,25+,26-/m1/s1. The van der Waals surface area contributed by atoms with Gasteiger partial charge >= 0.3 is 5.97 Å². The molecule has 0 aromatic heterocycles. The summed E-state index contributed by atoms with van der Waals surface area (Å²) in [7, 11) is 0. The average Bonchev–Trinajstić information content (AvgIpc) is 3.19. The number of rotatable bonds is 1. The molecule has 29 heavy (non-hydrogen) atoms. The lowest BCUT2D eigenvalue weighted by Gasteiger charge is -2.61. The van der Waals surface area contributed by atoms with Crippen LogP contribution in [0.25, 0.3) is 0 Å². The summed E-state index contributed by atoms with van der Waals surface area (Å²) in [6.07, 6.45) is 13.1. The third kappa shape index (κ3) is 2.31. The smallest absolute Gasteiger partial charge is 0.306 e. The molecule has 5 aliphatic rings. The average molecular weight is 397 g/mol. The van der Waals surface area contributed by atoms with Crippen LogP contribution >= 0.6 is 0 Å². The van der Waals surface area contributed by atoms with Gasteiger partial charge in [-0.3, -0.25) is 9.59 Å². The Morgan fingerprint density at radius 1 is 1.03 bits per heavy atom. The third-order valence-electron chi connectivity index (χ3n) is 10.6. The highest BCUT2D eigenvalue weighted by Crippen LogP contribution is 2.72. The van der Waals surface area contributed by atoms with Crippen molar-refractivity contribution < 1.29 is 14.3 Å². The van der Waals surface area contributed by atoms with E-state index in [-0.39, 0.29) is 33.4 Å². The van der Waals surface area contributed by atoms with E-state index in [2.05, 4.69) is 46.8 Å². The predicted octanol–water partition coefficient (Wildman–Crippen LogP) is 5.50. The molecule has 1 saturated heterocycles. The Labute approximate surface area is 175 Å². The number of carbonyl (C=O) groups is 2. The summed E-state index contributed by atoms with van der Waals surface area (Å²) in [5, 5.41) is 0. The lowest BCUT2D eigenvalue weighted by atomic mass is 9.42. The molecule has 0 aromatic carbocycles. The van der Waals surface area contributed by atoms with Gasteiger partial charge in [-0.1, -0.05) is 52.3 Å². The molecule has 0 spiro atoms. The lowest BCUT2D eigenvalue weighted by molar-refractivity contribution is -0.138. The van der Waals surface area contributed by atoms with Crippen LogP contribution in [0.1, 0.15) is 73.1 Å². The van der Waals surface area contributed by atoms with Gasteiger partial charge in [0, 0.05) is 11.3 Å². The maximum atomic E-state index is 12.6. The molecule has 7 atom stereocenters. The monoisotopic (exact) mass is 396 g/mol. The van der Waals surface area contributed by atoms with Gasteiger partial charge in [-0.05, 0) is 72.2 Å². The summed E-state index contributed by atoms with van der Waals surface area (Å²) in [5.41, 5.74) is 1.87. The van der Waals surface area contributed by atoms with Crippen LogP contribution in [-0.4, -0.2) is 18.4 Å². The van der Waals surface area contributed by atoms with Crippen molar-refractivity contribution in [3.8, 4) is 0 Å². The zero-order valence-corrected chi connectivity index (χ0v) is 18.7. The molecule has 2 saturated carbocycles. The Kier molecular flexibility index (Phi) is 3.95. The topological polar surface area (TPSA) is 43.4 Å². The largest absolute Gasteiger partial charge is 0.465 e. The van der Waals surface area contributed by atoms with Crippen LogP contribution in [0.5, 0.6) is 0 Å². The molecule has 0 bridgehead atoms. The summed E-state index contributed by atoms with van der Waals surface area (Å²) >= 11 is 0. The molecule has 1 heterocycles. The number of cyclic esters (lactones) is 1. The number of carbonyl (C=O) groups excluding carboxylic acids is 2. The number of hydrogen-bond acceptors (Lipinski definition) is 3. The van der Waals surface area contributed by atoms with Crippen molar-refractivity contribution in [2.45, 2.75) is 73.1 Å². The molecule has 0 amide bonds. The van der Waals surface area contributed by atoms with Gasteiger partial charge in [-0.25, -0.2) is 0 Å². The summed E-state index contributed by atoms with van der Waals surface area (Å²) < 4.78 is 5.37. The van der Waals surface area contributed by atoms with Gasteiger partial charge in [0.1, 0.15) is 0 Å². The van der Waals surface area contributed by atoms with Gasteiger partial charge in [0.15, 0.2) is 5.78 Å². The minimum atomic E-state index is -0.285. The van der Waals surface area contributed by atoms with Crippen molar-refractivity contribution in [1.82, 2.24) is 0 Å². The van der Waals surface area contributed by atoms with Gasteiger partial charge in [-0.2, -0.15) is 0 Å². The van der Waals surface area contributed by atoms with E-state index in [0.717, 1.165) is 6.42 Å². The molecule has 0 aromatic rings. The quantitative estimate of drug-likeness (QED) is 0.434. The molecule has 3 heteroatoms. The van der Waals surface area contributed by atoms with Crippen molar-refractivity contribution in [3.63, 3.8) is 0 Å². The minimum absolute atomic E-state index is 0.00707. The maximum absolute atomic E-state index is 12.6. The number of ketones is 1. The highest BCUT2D eigenvalue weighted by molar-refractivity contribution is 5.95. The van der Waals surface area contributed by atoms with Crippen molar-refractivity contribution >= 4 is 11.8 Å². The van der Waals surface area contributed by atoms with E-state index in [9.17, 15) is 9.59 Å². The van der Waals surface area contributed by atoms with E-state index in [4.69, 9.17) is 4.74 Å². The lowest BCUT2D eigenvalue weighted by Crippen LogP contribution is -2.55. The summed E-state index contributed by atoms with van der Waals surface area (Å²) in [5.74, 6) is 2.16. The first-order chi connectivity index (χ1) is 13.5. The van der Waals surface area contributed by atoms with E-state index in [1.807, 2.05) is 6.08 Å². The molecule has 3 nitrogen and oxygen atoms in total. The molecular formula is C26H36O3. The first-order valence-electron chi connectivity index (χ1n) is 11.6. The predicted molar refractivity (Wildman–Crippen MR) is 113 cm³/mol. The minimum Gasteiger partial charge on any atom is -0.465 e. The first kappa shape index (κ1) is 19.6. The summed E-state index contributed by atoms with van der Waals surface area (Å²) in [6.45, 7) is 12.4. The molecule has 0 N–H and O–H groups in total. The van der Waals surface area contributed by atoms with Gasteiger partial charge in [0.05, 0.1) is 13.0 Å². The van der Waals surface area contributed by atoms with Crippen LogP contribution < -0.4 is 0 Å². The first-order valence-corrected chi connectivity index (χ1v) is 11.6. The third-order valence-corrected chi connectivity index (χ3v) is 10.6. The van der Waals surface area contributed by atoms with Crippen molar-refractivity contribution in [1.29, 1.82) is 0 Å². The molecule has 0 unspecified atom stereocenters. The van der Waals surface area contributed by atoms with Crippen molar-refractivity contribution in [2.75, 3.05) is 6.61 Å². The fraction of sp³-hybridized carbons (Fsp3) is 0.769. The fourth-order valence-corrected chi connectivity index (χ4v) is 8.62. The Hall–Kier alpha value is -1.38. The van der Waals surface area contributed by atoms with Crippen LogP contribution in [0.2, 0.25) is 0 Å². The molecule has 0 radical (unpaired) electrons. The van der Waals surface area contributed by atoms with Crippen LogP contribution in [-0.2, 0) is 14.3 Å². The van der Waals surface area contributed by atoms with E-state index in [1.165, 1.54) is 25.7 Å². The highest BCUT2D eigenvalue weighted by Gasteiger charge is 2.65. The van der Waals surface area contributed by atoms with Gasteiger partial charge in [0.25, 0.3) is 0 Å². The maximum Gasteiger partial charge on any atom is 0.306 e. The van der Waals surface area contributed by atoms with E-state index < -0.39 is 0 Å². The zero-order chi connectivity index (χ0) is 20.8. The second kappa shape index (κ2) is 5.86. The van der Waals surface area contributed by atoms with Gasteiger partial charge < -0.3 is 4.74 Å². The SMILES string of the molecule is CC1(C)C(=O)C=C[C@]2(C)[C@H]3CC[C@@]4(C)[C@H]([C@H]5COC(=O)C5)CC[C@]4(C)C3=CC[C@@H]12. The van der Waals surface area contributed by atoms with E-state index in [0.29, 0.717) is 36.7 Å².